The van der Waals surface area contributed by atoms with Gasteiger partial charge in [0.05, 0.1) is 12.0 Å². The Morgan fingerprint density at radius 3 is 2.85 bits per heavy atom. The number of hydrogen-bond acceptors (Lipinski definition) is 3. The van der Waals surface area contributed by atoms with Crippen LogP contribution in [0.3, 0.4) is 0 Å². The number of hydrogen-bond donors (Lipinski definition) is 1. The molecule has 1 N–H and O–H groups in total. The highest BCUT2D eigenvalue weighted by atomic mass is 16.6. The van der Waals surface area contributed by atoms with Gasteiger partial charge in [-0.25, -0.2) is 0 Å². The molecular formula is C10H14O3. The zero-order valence-corrected chi connectivity index (χ0v) is 7.64. The SMILES string of the molecule is CC(=O)C1C2C=CC(C2)C1OCO. The van der Waals surface area contributed by atoms with E-state index < -0.39 is 0 Å². The van der Waals surface area contributed by atoms with Gasteiger partial charge in [-0.1, -0.05) is 12.2 Å². The molecule has 0 heterocycles. The number of allylic oxidation sites excluding steroid dienone is 1. The molecule has 72 valence electrons. The molecule has 3 heteroatoms. The highest BCUT2D eigenvalue weighted by molar-refractivity contribution is 5.80. The molecule has 3 nitrogen and oxygen atoms in total. The lowest BCUT2D eigenvalue weighted by Gasteiger charge is -2.25. The fourth-order valence-electron chi connectivity index (χ4n) is 2.62. The second-order valence-corrected chi connectivity index (χ2v) is 3.85. The summed E-state index contributed by atoms with van der Waals surface area (Å²) in [6, 6.07) is 0. The van der Waals surface area contributed by atoms with Crippen LogP contribution < -0.4 is 0 Å². The lowest BCUT2D eigenvalue weighted by molar-refractivity contribution is -0.131. The maximum absolute atomic E-state index is 11.3. The Kier molecular flexibility index (Phi) is 2.22. The van der Waals surface area contributed by atoms with E-state index in [1.54, 1.807) is 6.92 Å². The quantitative estimate of drug-likeness (QED) is 0.517. The molecule has 2 rings (SSSR count). The van der Waals surface area contributed by atoms with E-state index in [2.05, 4.69) is 12.2 Å². The maximum atomic E-state index is 11.3. The first-order valence-corrected chi connectivity index (χ1v) is 4.65. The molecule has 0 aromatic heterocycles. The third-order valence-electron chi connectivity index (χ3n) is 3.12. The molecule has 0 aliphatic heterocycles. The summed E-state index contributed by atoms with van der Waals surface area (Å²) in [5, 5.41) is 8.70. The molecular weight excluding hydrogens is 168 g/mol. The van der Waals surface area contributed by atoms with E-state index in [1.807, 2.05) is 0 Å². The Bertz CT molecular complexity index is 247. The standard InChI is InChI=1S/C10H14O3/c1-6(12)9-7-2-3-8(4-7)10(9)13-5-11/h2-3,7-11H,4-5H2,1H3. The number of carbonyl (C=O) groups is 1. The molecule has 13 heavy (non-hydrogen) atoms. The number of aliphatic hydroxyl groups is 1. The van der Waals surface area contributed by atoms with Gasteiger partial charge >= 0.3 is 0 Å². The van der Waals surface area contributed by atoms with Gasteiger partial charge in [0.25, 0.3) is 0 Å². The Balaban J connectivity index is 2.15. The molecule has 1 saturated carbocycles. The lowest BCUT2D eigenvalue weighted by atomic mass is 9.88. The first-order chi connectivity index (χ1) is 6.24. The number of ether oxygens (including phenoxy) is 1. The van der Waals surface area contributed by atoms with Crippen molar-refractivity contribution in [2.24, 2.45) is 17.8 Å². The van der Waals surface area contributed by atoms with Gasteiger partial charge in [0.1, 0.15) is 12.6 Å². The lowest BCUT2D eigenvalue weighted by Crippen LogP contribution is -2.33. The Labute approximate surface area is 77.4 Å². The van der Waals surface area contributed by atoms with Crippen molar-refractivity contribution in [3.8, 4) is 0 Å². The summed E-state index contributed by atoms with van der Waals surface area (Å²) in [7, 11) is 0. The van der Waals surface area contributed by atoms with E-state index in [4.69, 9.17) is 9.84 Å². The van der Waals surface area contributed by atoms with Crippen LogP contribution in [0.15, 0.2) is 12.2 Å². The van der Waals surface area contributed by atoms with Crippen molar-refractivity contribution in [2.75, 3.05) is 6.79 Å². The van der Waals surface area contributed by atoms with Gasteiger partial charge in [-0.3, -0.25) is 4.79 Å². The second kappa shape index (κ2) is 3.24. The number of carbonyl (C=O) groups excluding carboxylic acids is 1. The van der Waals surface area contributed by atoms with Crippen molar-refractivity contribution < 1.29 is 14.6 Å². The van der Waals surface area contributed by atoms with Gasteiger partial charge in [0.15, 0.2) is 0 Å². The molecule has 0 aromatic rings. The van der Waals surface area contributed by atoms with Gasteiger partial charge in [-0.15, -0.1) is 0 Å². The first kappa shape index (κ1) is 8.91. The molecule has 0 radical (unpaired) electrons. The summed E-state index contributed by atoms with van der Waals surface area (Å²) >= 11 is 0. The topological polar surface area (TPSA) is 46.5 Å². The Morgan fingerprint density at radius 2 is 2.23 bits per heavy atom. The zero-order valence-electron chi connectivity index (χ0n) is 7.64. The van der Waals surface area contributed by atoms with Crippen LogP contribution in [0.5, 0.6) is 0 Å². The van der Waals surface area contributed by atoms with Gasteiger partial charge in [0, 0.05) is 5.92 Å². The normalized spacial score (nSPS) is 41.4. The van der Waals surface area contributed by atoms with Gasteiger partial charge in [-0.2, -0.15) is 0 Å². The third kappa shape index (κ3) is 1.32. The van der Waals surface area contributed by atoms with Crippen molar-refractivity contribution in [2.45, 2.75) is 19.4 Å². The van der Waals surface area contributed by atoms with Crippen molar-refractivity contribution in [3.63, 3.8) is 0 Å². The summed E-state index contributed by atoms with van der Waals surface area (Å²) < 4.78 is 5.19. The monoisotopic (exact) mass is 182 g/mol. The largest absolute Gasteiger partial charge is 0.371 e. The number of aliphatic hydroxyl groups excluding tert-OH is 1. The highest BCUT2D eigenvalue weighted by Crippen LogP contribution is 2.45. The molecule has 0 aromatic carbocycles. The summed E-state index contributed by atoms with van der Waals surface area (Å²) in [5.74, 6) is 0.836. The molecule has 1 fully saturated rings. The van der Waals surface area contributed by atoms with Crippen LogP contribution >= 0.6 is 0 Å². The first-order valence-electron chi connectivity index (χ1n) is 4.65. The molecule has 4 atom stereocenters. The molecule has 0 saturated heterocycles. The average molecular weight is 182 g/mol. The Hall–Kier alpha value is -0.670. The number of ketones is 1. The molecule has 4 unspecified atom stereocenters. The van der Waals surface area contributed by atoms with Crippen LogP contribution in [0.25, 0.3) is 0 Å². The summed E-state index contributed by atoms with van der Waals surface area (Å²) in [5.41, 5.74) is 0. The smallest absolute Gasteiger partial charge is 0.143 e. The number of rotatable bonds is 3. The van der Waals surface area contributed by atoms with Gasteiger partial charge in [0.2, 0.25) is 0 Å². The van der Waals surface area contributed by atoms with E-state index >= 15 is 0 Å². The minimum atomic E-state index is -0.286. The van der Waals surface area contributed by atoms with Crippen LogP contribution in [0.1, 0.15) is 13.3 Å². The molecule has 2 bridgehead atoms. The van der Waals surface area contributed by atoms with Gasteiger partial charge < -0.3 is 9.84 Å². The van der Waals surface area contributed by atoms with E-state index in [9.17, 15) is 4.79 Å². The number of fused-ring (bicyclic) bond motifs is 2. The fraction of sp³-hybridized carbons (Fsp3) is 0.700. The van der Waals surface area contributed by atoms with E-state index in [-0.39, 0.29) is 24.6 Å². The third-order valence-corrected chi connectivity index (χ3v) is 3.12. The maximum Gasteiger partial charge on any atom is 0.143 e. The minimum absolute atomic E-state index is 0.0258. The number of Topliss-reactive ketones (excluding diaryl/α,β-unsaturated/α-hetero) is 1. The van der Waals surface area contributed by atoms with Crippen molar-refractivity contribution in [3.05, 3.63) is 12.2 Å². The van der Waals surface area contributed by atoms with E-state index in [0.29, 0.717) is 11.8 Å². The highest BCUT2D eigenvalue weighted by Gasteiger charge is 2.47. The van der Waals surface area contributed by atoms with E-state index in [0.717, 1.165) is 6.42 Å². The fourth-order valence-corrected chi connectivity index (χ4v) is 2.62. The predicted molar refractivity (Wildman–Crippen MR) is 46.9 cm³/mol. The molecule has 0 amide bonds. The Morgan fingerprint density at radius 1 is 1.54 bits per heavy atom. The van der Waals surface area contributed by atoms with Crippen LogP contribution in [0.2, 0.25) is 0 Å². The van der Waals surface area contributed by atoms with Crippen molar-refractivity contribution in [1.82, 2.24) is 0 Å². The minimum Gasteiger partial charge on any atom is -0.371 e. The second-order valence-electron chi connectivity index (χ2n) is 3.85. The zero-order chi connectivity index (χ0) is 9.42. The van der Waals surface area contributed by atoms with Gasteiger partial charge in [-0.05, 0) is 19.3 Å². The van der Waals surface area contributed by atoms with Crippen molar-refractivity contribution in [1.29, 1.82) is 0 Å². The molecule has 2 aliphatic carbocycles. The average Bonchev–Trinajstić information content (AvgIpc) is 2.63. The predicted octanol–water partition coefficient (Wildman–Crippen LogP) is 0.732. The molecule has 0 spiro atoms. The van der Waals surface area contributed by atoms with Crippen LogP contribution in [0.4, 0.5) is 0 Å². The van der Waals surface area contributed by atoms with Crippen LogP contribution in [-0.4, -0.2) is 23.8 Å². The van der Waals surface area contributed by atoms with E-state index in [1.165, 1.54) is 0 Å². The van der Waals surface area contributed by atoms with Crippen molar-refractivity contribution >= 4 is 5.78 Å². The van der Waals surface area contributed by atoms with Crippen LogP contribution in [0, 0.1) is 17.8 Å². The summed E-state index contributed by atoms with van der Waals surface area (Å²) in [6.45, 7) is 1.32. The summed E-state index contributed by atoms with van der Waals surface area (Å²) in [6.07, 6.45) is 5.13. The van der Waals surface area contributed by atoms with Crippen LogP contribution in [-0.2, 0) is 9.53 Å². The molecule has 2 aliphatic rings. The summed E-state index contributed by atoms with van der Waals surface area (Å²) in [4.78, 5) is 11.3.